The van der Waals surface area contributed by atoms with E-state index in [1.54, 1.807) is 64.1 Å². The summed E-state index contributed by atoms with van der Waals surface area (Å²) in [4.78, 5) is 103. The molecule has 1 fully saturated rings. The number of hydrogen-bond acceptors (Lipinski definition) is 8. The fourth-order valence-electron chi connectivity index (χ4n) is 5.49. The van der Waals surface area contributed by atoms with E-state index in [0.717, 1.165) is 5.56 Å². The molecule has 0 bridgehead atoms. The van der Waals surface area contributed by atoms with Crippen LogP contribution in [0.3, 0.4) is 0 Å². The summed E-state index contributed by atoms with van der Waals surface area (Å²) < 4.78 is 0. The molecule has 0 aromatic heterocycles. The second-order valence-electron chi connectivity index (χ2n) is 13.6. The lowest BCUT2D eigenvalue weighted by molar-refractivity contribution is -0.145. The molecular formula is C36H47N7O10. The summed E-state index contributed by atoms with van der Waals surface area (Å²) in [7, 11) is 0. The number of carboxylic acids is 2. The fraction of sp³-hybridized carbons (Fsp3) is 0.444. The summed E-state index contributed by atoms with van der Waals surface area (Å²) in [5, 5.41) is 36.9. The number of hydrogen-bond donors (Lipinski definition) is 9. The van der Waals surface area contributed by atoms with Gasteiger partial charge in [-0.2, -0.15) is 0 Å². The molecule has 0 spiro atoms. The number of carbonyl (C=O) groups is 8. The number of nitrogens with one attached hydrogen (secondary N) is 7. The van der Waals surface area contributed by atoms with E-state index >= 15 is 0 Å². The van der Waals surface area contributed by atoms with Crippen LogP contribution in [0.5, 0.6) is 0 Å². The molecule has 7 amide bonds. The number of aliphatic carboxylic acids is 2. The average molecular weight is 738 g/mol. The smallest absolute Gasteiger partial charge is 0.326 e. The second-order valence-corrected chi connectivity index (χ2v) is 13.6. The number of para-hydroxylation sites is 1. The maximum atomic E-state index is 13.8. The Hall–Kier alpha value is -6.00. The minimum atomic E-state index is -1.77. The van der Waals surface area contributed by atoms with E-state index in [9.17, 15) is 48.6 Å². The number of urea groups is 1. The van der Waals surface area contributed by atoms with E-state index in [-0.39, 0.29) is 18.8 Å². The first-order valence-corrected chi connectivity index (χ1v) is 17.1. The van der Waals surface area contributed by atoms with Gasteiger partial charge in [-0.05, 0) is 54.5 Å². The minimum Gasteiger partial charge on any atom is -0.481 e. The summed E-state index contributed by atoms with van der Waals surface area (Å²) in [6.45, 7) is 8.50. The lowest BCUT2D eigenvalue weighted by Gasteiger charge is -2.29. The summed E-state index contributed by atoms with van der Waals surface area (Å²) in [5.41, 5.74) is 2.41. The van der Waals surface area contributed by atoms with Gasteiger partial charge in [0.15, 0.2) is 0 Å². The highest BCUT2D eigenvalue weighted by molar-refractivity contribution is 6.00. The Bertz CT molecular complexity index is 1700. The number of carbonyl (C=O) groups excluding carboxylic acids is 6. The molecule has 1 aliphatic rings. The minimum absolute atomic E-state index is 0.0582. The van der Waals surface area contributed by atoms with E-state index < -0.39 is 96.5 Å². The third kappa shape index (κ3) is 12.9. The molecule has 17 nitrogen and oxygen atoms in total. The Morgan fingerprint density at radius 2 is 1.34 bits per heavy atom. The summed E-state index contributed by atoms with van der Waals surface area (Å²) in [6.07, 6.45) is -1.74. The normalized spacial score (nSPS) is 21.8. The highest BCUT2D eigenvalue weighted by Gasteiger charge is 2.36. The molecule has 5 atom stereocenters. The van der Waals surface area contributed by atoms with Crippen LogP contribution < -0.4 is 37.2 Å². The first-order valence-electron chi connectivity index (χ1n) is 17.1. The zero-order valence-electron chi connectivity index (χ0n) is 30.1. The Labute approximate surface area is 306 Å². The van der Waals surface area contributed by atoms with Crippen LogP contribution in [-0.4, -0.2) is 87.9 Å². The van der Waals surface area contributed by atoms with E-state index in [1.165, 1.54) is 0 Å². The predicted octanol–water partition coefficient (Wildman–Crippen LogP) is 1.27. The van der Waals surface area contributed by atoms with Gasteiger partial charge in [0.1, 0.15) is 30.2 Å². The van der Waals surface area contributed by atoms with Crippen molar-refractivity contribution in [1.29, 1.82) is 0 Å². The number of benzene rings is 2. The van der Waals surface area contributed by atoms with Crippen LogP contribution in [-0.2, 0) is 40.0 Å². The van der Waals surface area contributed by atoms with E-state index in [0.29, 0.717) is 16.9 Å². The van der Waals surface area contributed by atoms with Crippen LogP contribution in [0.4, 0.5) is 16.2 Å². The number of rotatable bonds is 10. The monoisotopic (exact) mass is 737 g/mol. The third-order valence-corrected chi connectivity index (χ3v) is 8.30. The van der Waals surface area contributed by atoms with Gasteiger partial charge in [-0.1, -0.05) is 58.0 Å². The van der Waals surface area contributed by atoms with Gasteiger partial charge in [0.25, 0.3) is 0 Å². The predicted molar refractivity (Wildman–Crippen MR) is 192 cm³/mol. The first-order chi connectivity index (χ1) is 24.9. The molecule has 3 rings (SSSR count). The van der Waals surface area contributed by atoms with Gasteiger partial charge >= 0.3 is 18.0 Å². The van der Waals surface area contributed by atoms with Crippen molar-refractivity contribution in [3.05, 3.63) is 59.7 Å². The van der Waals surface area contributed by atoms with E-state index in [1.807, 2.05) is 19.1 Å². The molecule has 0 unspecified atom stereocenters. The summed E-state index contributed by atoms with van der Waals surface area (Å²) in [5.74, 6) is -8.40. The second kappa shape index (κ2) is 19.0. The highest BCUT2D eigenvalue weighted by atomic mass is 16.4. The maximum Gasteiger partial charge on any atom is 0.326 e. The zero-order valence-corrected chi connectivity index (χ0v) is 30.1. The van der Waals surface area contributed by atoms with Crippen molar-refractivity contribution in [3.63, 3.8) is 0 Å². The molecule has 9 N–H and O–H groups in total. The van der Waals surface area contributed by atoms with Crippen LogP contribution >= 0.6 is 0 Å². The van der Waals surface area contributed by atoms with Gasteiger partial charge in [-0.3, -0.25) is 28.8 Å². The lowest BCUT2D eigenvalue weighted by Crippen LogP contribution is -2.61. The van der Waals surface area contributed by atoms with Crippen molar-refractivity contribution < 1.29 is 48.6 Å². The Kier molecular flexibility index (Phi) is 14.9. The van der Waals surface area contributed by atoms with Crippen LogP contribution in [0.15, 0.2) is 48.5 Å². The number of aryl methyl sites for hydroxylation is 1. The van der Waals surface area contributed by atoms with Gasteiger partial charge in [0.05, 0.1) is 12.8 Å². The zero-order chi connectivity index (χ0) is 39.4. The maximum absolute atomic E-state index is 13.8. The largest absolute Gasteiger partial charge is 0.481 e. The molecule has 286 valence electrons. The van der Waals surface area contributed by atoms with Gasteiger partial charge in [0, 0.05) is 17.8 Å². The molecule has 1 aliphatic heterocycles. The quantitative estimate of drug-likeness (QED) is 0.169. The molecule has 1 heterocycles. The topological polar surface area (TPSA) is 261 Å². The van der Waals surface area contributed by atoms with Crippen molar-refractivity contribution in [3.8, 4) is 0 Å². The van der Waals surface area contributed by atoms with Crippen LogP contribution in [0.1, 0.15) is 58.1 Å². The summed E-state index contributed by atoms with van der Waals surface area (Å²) in [6, 6.07) is 5.64. The third-order valence-electron chi connectivity index (χ3n) is 8.30. The van der Waals surface area contributed by atoms with Crippen LogP contribution in [0.2, 0.25) is 0 Å². The van der Waals surface area contributed by atoms with E-state index in [2.05, 4.69) is 37.2 Å². The van der Waals surface area contributed by atoms with Crippen molar-refractivity contribution in [2.24, 2.45) is 11.8 Å². The van der Waals surface area contributed by atoms with Crippen molar-refractivity contribution in [2.45, 2.75) is 90.5 Å². The van der Waals surface area contributed by atoms with Crippen molar-refractivity contribution >= 4 is 58.9 Å². The fourth-order valence-corrected chi connectivity index (χ4v) is 5.49. The molecule has 2 aromatic rings. The van der Waals surface area contributed by atoms with Gasteiger partial charge in [-0.25, -0.2) is 9.59 Å². The van der Waals surface area contributed by atoms with Gasteiger partial charge in [0.2, 0.25) is 29.5 Å². The molecule has 53 heavy (non-hydrogen) atoms. The Balaban J connectivity index is 1.94. The van der Waals surface area contributed by atoms with E-state index in [4.69, 9.17) is 0 Å². The number of carboxylic acid groups (broad SMARTS) is 2. The van der Waals surface area contributed by atoms with Crippen LogP contribution in [0.25, 0.3) is 0 Å². The van der Waals surface area contributed by atoms with Crippen molar-refractivity contribution in [1.82, 2.24) is 26.6 Å². The van der Waals surface area contributed by atoms with Crippen LogP contribution in [0, 0.1) is 18.8 Å². The average Bonchev–Trinajstić information content (AvgIpc) is 3.06. The molecule has 2 aromatic carbocycles. The van der Waals surface area contributed by atoms with Gasteiger partial charge in [-0.15, -0.1) is 0 Å². The van der Waals surface area contributed by atoms with Crippen molar-refractivity contribution in [2.75, 3.05) is 10.6 Å². The number of amides is 7. The molecule has 17 heteroatoms. The summed E-state index contributed by atoms with van der Waals surface area (Å²) >= 11 is 0. The lowest BCUT2D eigenvalue weighted by atomic mass is 9.99. The highest BCUT2D eigenvalue weighted by Crippen LogP contribution is 2.16. The molecule has 0 radical (unpaired) electrons. The van der Waals surface area contributed by atoms with Gasteiger partial charge < -0.3 is 47.4 Å². The molecule has 0 aliphatic carbocycles. The number of anilines is 2. The Morgan fingerprint density at radius 3 is 1.92 bits per heavy atom. The molecular weight excluding hydrogens is 690 g/mol. The standard InChI is InChI=1S/C36H47N7O10/c1-18(2)14-24-31(47)40-26(17-29(45)46)33(49)43-30(19(3)4)34(50)41-27(35(51)52)16-28(44)38-25(32(48)39-24)15-21-10-12-22(13-11-21)37-36(53)42-23-9-7-6-8-20(23)5/h6-13,18-19,24-27,30H,14-17H2,1-5H3,(H,38,44)(H,39,48)(H,40,47)(H,41,50)(H,43,49)(H,45,46)(H,51,52)(H2,37,42,53)/t24-,25-,26-,27-,30-/m0/s1. The Morgan fingerprint density at radius 1 is 0.736 bits per heavy atom. The SMILES string of the molecule is Cc1ccccc1NC(=O)Nc1ccc(C[C@@H]2NC(=O)C[C@@H](C(=O)O)NC(=O)[C@H](C(C)C)NC(=O)[C@H](CC(=O)O)NC(=O)[C@H](CC(C)C)NC2=O)cc1. The molecule has 0 saturated carbocycles. The molecule has 1 saturated heterocycles. The first kappa shape index (κ1) is 41.4.